The molecule has 27 heavy (non-hydrogen) atoms. The molecule has 0 radical (unpaired) electrons. The van der Waals surface area contributed by atoms with Crippen molar-refractivity contribution in [2.45, 2.75) is 12.5 Å². The number of halogens is 1. The van der Waals surface area contributed by atoms with Gasteiger partial charge in [-0.1, -0.05) is 12.1 Å². The largest absolute Gasteiger partial charge is 0.497 e. The van der Waals surface area contributed by atoms with Crippen LogP contribution in [0.15, 0.2) is 29.3 Å². The van der Waals surface area contributed by atoms with E-state index in [2.05, 4.69) is 46.8 Å². The molecule has 0 bridgehead atoms. The van der Waals surface area contributed by atoms with E-state index >= 15 is 0 Å². The molecule has 2 N–H and O–H groups in total. The zero-order valence-corrected chi connectivity index (χ0v) is 19.5. The van der Waals surface area contributed by atoms with Crippen molar-refractivity contribution >= 4 is 29.9 Å². The number of likely N-dealkylation sites (N-methyl/N-ethyl adjacent to an activating group) is 1. The molecule has 0 saturated carbocycles. The highest BCUT2D eigenvalue weighted by Crippen LogP contribution is 2.21. The van der Waals surface area contributed by atoms with Gasteiger partial charge in [-0.15, -0.1) is 24.0 Å². The topological polar surface area (TPSA) is 67.4 Å². The summed E-state index contributed by atoms with van der Waals surface area (Å²) < 4.78 is 15.7. The predicted octanol–water partition coefficient (Wildman–Crippen LogP) is 2.13. The number of hydrogen-bond donors (Lipinski definition) is 2. The highest BCUT2D eigenvalue weighted by molar-refractivity contribution is 14.0. The normalized spacial score (nSPS) is 12.4. The number of aliphatic imine (C=N–C) groups is 1. The van der Waals surface area contributed by atoms with Crippen LogP contribution in [-0.4, -0.2) is 79.1 Å². The summed E-state index contributed by atoms with van der Waals surface area (Å²) in [7, 11) is 9.28. The molecule has 0 aliphatic heterocycles. The number of hydrogen-bond acceptors (Lipinski definition) is 5. The molecule has 1 aromatic carbocycles. The third kappa shape index (κ3) is 10.7. The fourth-order valence-electron chi connectivity index (χ4n) is 2.49. The quantitative estimate of drug-likeness (QED) is 0.201. The van der Waals surface area contributed by atoms with Gasteiger partial charge in [0.25, 0.3) is 0 Å². The van der Waals surface area contributed by atoms with Gasteiger partial charge in [-0.05, 0) is 38.2 Å². The van der Waals surface area contributed by atoms with E-state index in [1.54, 1.807) is 21.3 Å². The second-order valence-electron chi connectivity index (χ2n) is 6.09. The first-order chi connectivity index (χ1) is 12.6. The van der Waals surface area contributed by atoms with Gasteiger partial charge in [0.15, 0.2) is 5.96 Å². The molecular formula is C19H35IN4O3. The third-order valence-electron chi connectivity index (χ3n) is 3.98. The maximum atomic E-state index is 5.46. The Morgan fingerprint density at radius 3 is 2.56 bits per heavy atom. The van der Waals surface area contributed by atoms with Crippen LogP contribution in [0.2, 0.25) is 0 Å². The lowest BCUT2D eigenvalue weighted by molar-refractivity contribution is 0.0698. The standard InChI is InChI=1S/C19H34N4O3.HI/c1-20-19(21-10-7-11-26-13-12-24-4)22-15-18(23(2)3)16-8-6-9-17(14-16)25-5;/h6,8-9,14,18H,7,10-13,15H2,1-5H3,(H2,20,21,22);1H. The zero-order chi connectivity index (χ0) is 19.2. The molecule has 156 valence electrons. The summed E-state index contributed by atoms with van der Waals surface area (Å²) in [4.78, 5) is 6.46. The molecule has 1 rings (SSSR count). The monoisotopic (exact) mass is 494 g/mol. The molecule has 8 heteroatoms. The minimum absolute atomic E-state index is 0. The second-order valence-corrected chi connectivity index (χ2v) is 6.09. The van der Waals surface area contributed by atoms with Crippen LogP contribution in [0.5, 0.6) is 5.75 Å². The smallest absolute Gasteiger partial charge is 0.191 e. The highest BCUT2D eigenvalue weighted by atomic mass is 127. The predicted molar refractivity (Wildman–Crippen MR) is 122 cm³/mol. The van der Waals surface area contributed by atoms with Crippen LogP contribution in [-0.2, 0) is 9.47 Å². The molecule has 0 aliphatic carbocycles. The molecule has 0 fully saturated rings. The van der Waals surface area contributed by atoms with Crippen LogP contribution < -0.4 is 15.4 Å². The summed E-state index contributed by atoms with van der Waals surface area (Å²) in [5.41, 5.74) is 1.20. The summed E-state index contributed by atoms with van der Waals surface area (Å²) in [5, 5.41) is 6.71. The minimum atomic E-state index is 0. The fraction of sp³-hybridized carbons (Fsp3) is 0.632. The summed E-state index contributed by atoms with van der Waals surface area (Å²) in [6.45, 7) is 3.52. The Hall–Kier alpha value is -1.10. The number of rotatable bonds is 12. The molecular weight excluding hydrogens is 459 g/mol. The maximum absolute atomic E-state index is 5.46. The molecule has 1 aromatic rings. The Morgan fingerprint density at radius 1 is 1.15 bits per heavy atom. The van der Waals surface area contributed by atoms with Gasteiger partial charge < -0.3 is 29.7 Å². The van der Waals surface area contributed by atoms with Crippen LogP contribution in [0.4, 0.5) is 0 Å². The fourth-order valence-corrected chi connectivity index (χ4v) is 2.49. The number of guanidine groups is 1. The molecule has 1 unspecified atom stereocenters. The zero-order valence-electron chi connectivity index (χ0n) is 17.2. The number of methoxy groups -OCH3 is 2. The second kappa shape index (κ2) is 15.9. The lowest BCUT2D eigenvalue weighted by atomic mass is 10.1. The number of nitrogens with one attached hydrogen (secondary N) is 2. The van der Waals surface area contributed by atoms with Crippen molar-refractivity contribution in [1.82, 2.24) is 15.5 Å². The lowest BCUT2D eigenvalue weighted by Crippen LogP contribution is -2.42. The Morgan fingerprint density at radius 2 is 1.93 bits per heavy atom. The van der Waals surface area contributed by atoms with Crippen LogP contribution >= 0.6 is 24.0 Å². The average Bonchev–Trinajstić information content (AvgIpc) is 2.65. The van der Waals surface area contributed by atoms with Crippen molar-refractivity contribution in [2.75, 3.05) is 68.3 Å². The van der Waals surface area contributed by atoms with Crippen LogP contribution in [0.3, 0.4) is 0 Å². The number of ether oxygens (including phenoxy) is 3. The molecule has 0 heterocycles. The van der Waals surface area contributed by atoms with E-state index in [9.17, 15) is 0 Å². The lowest BCUT2D eigenvalue weighted by Gasteiger charge is -2.26. The molecule has 0 amide bonds. The van der Waals surface area contributed by atoms with Gasteiger partial charge in [-0.25, -0.2) is 0 Å². The van der Waals surface area contributed by atoms with E-state index < -0.39 is 0 Å². The summed E-state index contributed by atoms with van der Waals surface area (Å²) in [6, 6.07) is 8.36. The van der Waals surface area contributed by atoms with E-state index in [1.165, 1.54) is 5.56 Å². The van der Waals surface area contributed by atoms with Crippen molar-refractivity contribution in [2.24, 2.45) is 4.99 Å². The van der Waals surface area contributed by atoms with Gasteiger partial charge in [0.2, 0.25) is 0 Å². The average molecular weight is 494 g/mol. The van der Waals surface area contributed by atoms with Gasteiger partial charge in [0, 0.05) is 33.9 Å². The van der Waals surface area contributed by atoms with Crippen molar-refractivity contribution in [1.29, 1.82) is 0 Å². The Balaban J connectivity index is 0.00000676. The number of benzene rings is 1. The highest BCUT2D eigenvalue weighted by Gasteiger charge is 2.15. The third-order valence-corrected chi connectivity index (χ3v) is 3.98. The van der Waals surface area contributed by atoms with Crippen molar-refractivity contribution < 1.29 is 14.2 Å². The van der Waals surface area contributed by atoms with Gasteiger partial charge >= 0.3 is 0 Å². The van der Waals surface area contributed by atoms with E-state index in [0.29, 0.717) is 19.8 Å². The summed E-state index contributed by atoms with van der Waals surface area (Å²) in [5.74, 6) is 1.65. The van der Waals surface area contributed by atoms with E-state index in [-0.39, 0.29) is 30.0 Å². The van der Waals surface area contributed by atoms with E-state index in [1.807, 2.05) is 12.1 Å². The van der Waals surface area contributed by atoms with E-state index in [0.717, 1.165) is 31.2 Å². The van der Waals surface area contributed by atoms with E-state index in [4.69, 9.17) is 14.2 Å². The van der Waals surface area contributed by atoms with Crippen LogP contribution in [0, 0.1) is 0 Å². The Bertz CT molecular complexity index is 529. The van der Waals surface area contributed by atoms with Gasteiger partial charge in [0.1, 0.15) is 5.75 Å². The molecule has 0 aliphatic rings. The molecule has 1 atom stereocenters. The van der Waals surface area contributed by atoms with Crippen LogP contribution in [0.25, 0.3) is 0 Å². The SMILES string of the molecule is CN=C(NCCCOCCOC)NCC(c1cccc(OC)c1)N(C)C.I. The Labute approximate surface area is 180 Å². The summed E-state index contributed by atoms with van der Waals surface area (Å²) in [6.07, 6.45) is 0.914. The first kappa shape index (κ1) is 25.9. The van der Waals surface area contributed by atoms with Gasteiger partial charge in [0.05, 0.1) is 26.4 Å². The summed E-state index contributed by atoms with van der Waals surface area (Å²) >= 11 is 0. The molecule has 0 saturated heterocycles. The van der Waals surface area contributed by atoms with Gasteiger partial charge in [-0.3, -0.25) is 4.99 Å². The first-order valence-corrected chi connectivity index (χ1v) is 8.94. The Kier molecular flexibility index (Phi) is 15.3. The van der Waals surface area contributed by atoms with Crippen LogP contribution in [0.1, 0.15) is 18.0 Å². The maximum Gasteiger partial charge on any atom is 0.191 e. The minimum Gasteiger partial charge on any atom is -0.497 e. The van der Waals surface area contributed by atoms with Crippen molar-refractivity contribution in [3.8, 4) is 5.75 Å². The molecule has 0 spiro atoms. The number of nitrogens with zero attached hydrogens (tertiary/aromatic N) is 2. The molecule has 7 nitrogen and oxygen atoms in total. The van der Waals surface area contributed by atoms with Crippen molar-refractivity contribution in [3.05, 3.63) is 29.8 Å². The molecule has 0 aromatic heterocycles. The van der Waals surface area contributed by atoms with Crippen molar-refractivity contribution in [3.63, 3.8) is 0 Å². The first-order valence-electron chi connectivity index (χ1n) is 8.94. The van der Waals surface area contributed by atoms with Gasteiger partial charge in [-0.2, -0.15) is 0 Å².